The summed E-state index contributed by atoms with van der Waals surface area (Å²) >= 11 is 0. The predicted octanol–water partition coefficient (Wildman–Crippen LogP) is 1.41. The van der Waals surface area contributed by atoms with Crippen LogP contribution in [0.25, 0.3) is 0 Å². The highest BCUT2D eigenvalue weighted by Gasteiger charge is 2.44. The number of nitro groups is 1. The molecule has 1 fully saturated rings. The Labute approximate surface area is 96.6 Å². The number of carbonyl (C=O) groups is 1. The first kappa shape index (κ1) is 11.3. The number of hydrogen-bond acceptors (Lipinski definition) is 5. The Balaban J connectivity index is 2.13. The molecule has 0 aliphatic heterocycles. The molecule has 1 aromatic heterocycles. The molecule has 0 saturated heterocycles. The van der Waals surface area contributed by atoms with Crippen LogP contribution in [-0.4, -0.2) is 26.5 Å². The molecule has 1 saturated carbocycles. The zero-order valence-corrected chi connectivity index (χ0v) is 8.92. The second kappa shape index (κ2) is 4.00. The lowest BCUT2D eigenvalue weighted by Crippen LogP contribution is -2.52. The van der Waals surface area contributed by atoms with Gasteiger partial charge in [0.15, 0.2) is 0 Å². The molecule has 0 radical (unpaired) electrons. The number of anilines is 1. The summed E-state index contributed by atoms with van der Waals surface area (Å²) in [6, 6.07) is 2.71. The van der Waals surface area contributed by atoms with Crippen molar-refractivity contribution in [3.63, 3.8) is 0 Å². The number of aromatic nitrogens is 1. The Bertz CT molecular complexity index is 453. The molecular weight excluding hydrogens is 226 g/mol. The van der Waals surface area contributed by atoms with E-state index in [0.717, 1.165) is 12.6 Å². The summed E-state index contributed by atoms with van der Waals surface area (Å²) in [5.41, 5.74) is -1.07. The quantitative estimate of drug-likeness (QED) is 0.605. The number of carboxylic acids is 1. The van der Waals surface area contributed by atoms with Gasteiger partial charge in [0.2, 0.25) is 0 Å². The zero-order chi connectivity index (χ0) is 12.5. The second-order valence-corrected chi connectivity index (χ2v) is 4.02. The predicted molar refractivity (Wildman–Crippen MR) is 58.7 cm³/mol. The normalized spacial score (nSPS) is 16.9. The minimum absolute atomic E-state index is 0.117. The summed E-state index contributed by atoms with van der Waals surface area (Å²) in [4.78, 5) is 24.8. The van der Waals surface area contributed by atoms with E-state index < -0.39 is 16.4 Å². The van der Waals surface area contributed by atoms with Gasteiger partial charge in [0.25, 0.3) is 5.69 Å². The van der Waals surface area contributed by atoms with Crippen LogP contribution in [0.2, 0.25) is 0 Å². The van der Waals surface area contributed by atoms with Crippen molar-refractivity contribution in [3.8, 4) is 0 Å². The summed E-state index contributed by atoms with van der Waals surface area (Å²) in [7, 11) is 0. The number of hydrogen-bond donors (Lipinski definition) is 2. The molecule has 90 valence electrons. The lowest BCUT2D eigenvalue weighted by molar-refractivity contribution is -0.385. The number of carboxylic acid groups (broad SMARTS) is 1. The first-order valence-electron chi connectivity index (χ1n) is 5.15. The molecule has 0 amide bonds. The molecule has 17 heavy (non-hydrogen) atoms. The average Bonchev–Trinajstić information content (AvgIpc) is 2.23. The van der Waals surface area contributed by atoms with E-state index in [1.54, 1.807) is 0 Å². The Hall–Kier alpha value is -2.18. The maximum atomic E-state index is 11.1. The molecule has 7 nitrogen and oxygen atoms in total. The number of rotatable bonds is 4. The zero-order valence-electron chi connectivity index (χ0n) is 8.92. The van der Waals surface area contributed by atoms with E-state index in [1.807, 2.05) is 0 Å². The van der Waals surface area contributed by atoms with E-state index in [9.17, 15) is 14.9 Å². The lowest BCUT2D eigenvalue weighted by atomic mass is 9.77. The van der Waals surface area contributed by atoms with Gasteiger partial charge in [-0.15, -0.1) is 0 Å². The standard InChI is InChI=1S/C10H11N3O4/c14-9(15)10(4-1-5-10)12-8-3-2-7(6-11-8)13(16)17/h2-3,6H,1,4-5H2,(H,11,12)(H,14,15). The third-order valence-corrected chi connectivity index (χ3v) is 2.94. The van der Waals surface area contributed by atoms with E-state index >= 15 is 0 Å². The van der Waals surface area contributed by atoms with Crippen molar-refractivity contribution < 1.29 is 14.8 Å². The van der Waals surface area contributed by atoms with Crippen molar-refractivity contribution in [2.45, 2.75) is 24.8 Å². The van der Waals surface area contributed by atoms with E-state index in [1.165, 1.54) is 12.1 Å². The molecule has 0 aromatic carbocycles. The van der Waals surface area contributed by atoms with Crippen LogP contribution < -0.4 is 5.32 Å². The molecule has 1 heterocycles. The summed E-state index contributed by atoms with van der Waals surface area (Å²) in [6.45, 7) is 0. The van der Waals surface area contributed by atoms with Gasteiger partial charge in [0, 0.05) is 6.07 Å². The van der Waals surface area contributed by atoms with Crippen molar-refractivity contribution in [1.82, 2.24) is 4.98 Å². The lowest BCUT2D eigenvalue weighted by Gasteiger charge is -2.38. The fraction of sp³-hybridized carbons (Fsp3) is 0.400. The van der Waals surface area contributed by atoms with Crippen LogP contribution in [0.1, 0.15) is 19.3 Å². The smallest absolute Gasteiger partial charge is 0.329 e. The largest absolute Gasteiger partial charge is 0.480 e. The molecule has 2 N–H and O–H groups in total. The molecule has 0 unspecified atom stereocenters. The second-order valence-electron chi connectivity index (χ2n) is 4.02. The Morgan fingerprint density at radius 2 is 2.24 bits per heavy atom. The third kappa shape index (κ3) is 2.03. The SMILES string of the molecule is O=C(O)C1(Nc2ccc([N+](=O)[O-])cn2)CCC1. The number of nitrogens with zero attached hydrogens (tertiary/aromatic N) is 2. The van der Waals surface area contributed by atoms with Crippen LogP contribution in [0.3, 0.4) is 0 Å². The van der Waals surface area contributed by atoms with Gasteiger partial charge in [-0.05, 0) is 25.3 Å². The Morgan fingerprint density at radius 3 is 2.59 bits per heavy atom. The van der Waals surface area contributed by atoms with Gasteiger partial charge in [0.1, 0.15) is 17.6 Å². The fourth-order valence-corrected chi connectivity index (χ4v) is 1.74. The van der Waals surface area contributed by atoms with Gasteiger partial charge < -0.3 is 10.4 Å². The molecule has 1 aliphatic carbocycles. The summed E-state index contributed by atoms with van der Waals surface area (Å²) in [6.07, 6.45) is 3.05. The van der Waals surface area contributed by atoms with Crippen LogP contribution in [0.4, 0.5) is 11.5 Å². The van der Waals surface area contributed by atoms with Gasteiger partial charge in [-0.25, -0.2) is 9.78 Å². The van der Waals surface area contributed by atoms with Gasteiger partial charge in [-0.3, -0.25) is 10.1 Å². The van der Waals surface area contributed by atoms with Crippen molar-refractivity contribution in [2.75, 3.05) is 5.32 Å². The molecular formula is C10H11N3O4. The van der Waals surface area contributed by atoms with Gasteiger partial charge >= 0.3 is 5.97 Å². The highest BCUT2D eigenvalue weighted by Crippen LogP contribution is 2.35. The van der Waals surface area contributed by atoms with E-state index in [4.69, 9.17) is 5.11 Å². The Kier molecular flexibility index (Phi) is 2.66. The molecule has 0 bridgehead atoms. The van der Waals surface area contributed by atoms with Crippen LogP contribution in [0.15, 0.2) is 18.3 Å². The molecule has 1 aliphatic rings. The number of nitrogens with one attached hydrogen (secondary N) is 1. The monoisotopic (exact) mass is 237 g/mol. The number of aliphatic carboxylic acids is 1. The van der Waals surface area contributed by atoms with Gasteiger partial charge in [0.05, 0.1) is 4.92 Å². The van der Waals surface area contributed by atoms with E-state index in [0.29, 0.717) is 18.7 Å². The topological polar surface area (TPSA) is 105 Å². The first-order valence-corrected chi connectivity index (χ1v) is 5.15. The van der Waals surface area contributed by atoms with Crippen LogP contribution >= 0.6 is 0 Å². The maximum Gasteiger partial charge on any atom is 0.329 e. The summed E-state index contributed by atoms with van der Waals surface area (Å²) in [5.74, 6) is -0.568. The molecule has 1 aromatic rings. The highest BCUT2D eigenvalue weighted by atomic mass is 16.6. The van der Waals surface area contributed by atoms with Crippen molar-refractivity contribution >= 4 is 17.5 Å². The molecule has 0 atom stereocenters. The summed E-state index contributed by atoms with van der Waals surface area (Å²) in [5, 5.41) is 22.3. The molecule has 2 rings (SSSR count). The van der Waals surface area contributed by atoms with Crippen molar-refractivity contribution in [1.29, 1.82) is 0 Å². The average molecular weight is 237 g/mol. The minimum atomic E-state index is -0.955. The molecule has 7 heteroatoms. The highest BCUT2D eigenvalue weighted by molar-refractivity contribution is 5.83. The third-order valence-electron chi connectivity index (χ3n) is 2.94. The van der Waals surface area contributed by atoms with Crippen LogP contribution in [-0.2, 0) is 4.79 Å². The summed E-state index contributed by atoms with van der Waals surface area (Å²) < 4.78 is 0. The fourth-order valence-electron chi connectivity index (χ4n) is 1.74. The van der Waals surface area contributed by atoms with E-state index in [2.05, 4.69) is 10.3 Å². The Morgan fingerprint density at radius 1 is 1.53 bits per heavy atom. The minimum Gasteiger partial charge on any atom is -0.480 e. The maximum absolute atomic E-state index is 11.1. The van der Waals surface area contributed by atoms with Crippen LogP contribution in [0.5, 0.6) is 0 Å². The van der Waals surface area contributed by atoms with E-state index in [-0.39, 0.29) is 5.69 Å². The van der Waals surface area contributed by atoms with Crippen molar-refractivity contribution in [2.24, 2.45) is 0 Å². The van der Waals surface area contributed by atoms with Crippen LogP contribution in [0, 0.1) is 10.1 Å². The van der Waals surface area contributed by atoms with Gasteiger partial charge in [-0.1, -0.05) is 0 Å². The first-order chi connectivity index (χ1) is 8.03. The number of pyridine rings is 1. The molecule has 0 spiro atoms. The van der Waals surface area contributed by atoms with Crippen molar-refractivity contribution in [3.05, 3.63) is 28.4 Å². The van der Waals surface area contributed by atoms with Gasteiger partial charge in [-0.2, -0.15) is 0 Å².